The van der Waals surface area contributed by atoms with E-state index in [1.54, 1.807) is 43.3 Å². The van der Waals surface area contributed by atoms with Gasteiger partial charge in [-0.1, -0.05) is 12.1 Å². The highest BCUT2D eigenvalue weighted by Crippen LogP contribution is 2.25. The predicted molar refractivity (Wildman–Crippen MR) is 101 cm³/mol. The number of amides is 2. The van der Waals surface area contributed by atoms with Crippen LogP contribution in [0.5, 0.6) is 5.75 Å². The quantitative estimate of drug-likeness (QED) is 0.395. The Balaban J connectivity index is 1.48. The van der Waals surface area contributed by atoms with E-state index in [-0.39, 0.29) is 18.4 Å². The lowest BCUT2D eigenvalue weighted by Gasteiger charge is -2.13. The lowest BCUT2D eigenvalue weighted by molar-refractivity contribution is -0.145. The second-order valence-corrected chi connectivity index (χ2v) is 6.89. The van der Waals surface area contributed by atoms with Gasteiger partial charge in [-0.3, -0.25) is 14.5 Å². The van der Waals surface area contributed by atoms with Gasteiger partial charge in [0.25, 0.3) is 11.8 Å². The number of thioether (sulfide) groups is 1. The molecule has 0 bridgehead atoms. The Kier molecular flexibility index (Phi) is 6.13. The number of hydrogen-bond acceptors (Lipinski definition) is 6. The number of esters is 1. The maximum absolute atomic E-state index is 12.3. The van der Waals surface area contributed by atoms with E-state index < -0.39 is 5.97 Å². The minimum Gasteiger partial charge on any atom is -0.482 e. The third-order valence-corrected chi connectivity index (χ3v) is 4.94. The number of benzene rings is 2. The Hall–Kier alpha value is -2.80. The number of rotatable bonds is 8. The van der Waals surface area contributed by atoms with Crippen molar-refractivity contribution in [3.05, 3.63) is 59.7 Å². The summed E-state index contributed by atoms with van der Waals surface area (Å²) in [5, 5.41) is 0. The van der Waals surface area contributed by atoms with Gasteiger partial charge in [-0.05, 0) is 43.3 Å². The molecule has 0 radical (unpaired) electrons. The van der Waals surface area contributed by atoms with E-state index in [0.717, 1.165) is 4.90 Å². The fourth-order valence-corrected chi connectivity index (χ4v) is 3.51. The third-order valence-electron chi connectivity index (χ3n) is 3.95. The van der Waals surface area contributed by atoms with E-state index in [1.807, 2.05) is 12.1 Å². The maximum Gasteiger partial charge on any atom is 0.344 e. The van der Waals surface area contributed by atoms with E-state index in [1.165, 1.54) is 16.7 Å². The van der Waals surface area contributed by atoms with Crippen molar-refractivity contribution in [1.82, 2.24) is 4.90 Å². The molecule has 0 aromatic heterocycles. The van der Waals surface area contributed by atoms with Gasteiger partial charge in [0, 0.05) is 17.2 Å². The summed E-state index contributed by atoms with van der Waals surface area (Å²) in [5.74, 6) is 0.288. The van der Waals surface area contributed by atoms with Crippen LogP contribution in [0.25, 0.3) is 0 Å². The van der Waals surface area contributed by atoms with Gasteiger partial charge in [0.2, 0.25) is 0 Å². The third kappa shape index (κ3) is 4.49. The summed E-state index contributed by atoms with van der Waals surface area (Å²) in [5.41, 5.74) is 0.936. The van der Waals surface area contributed by atoms with Crippen LogP contribution in [0.3, 0.4) is 0 Å². The number of nitrogens with zero attached hydrogens (tertiary/aromatic N) is 1. The molecule has 0 N–H and O–H groups in total. The first-order chi connectivity index (χ1) is 13.1. The summed E-state index contributed by atoms with van der Waals surface area (Å²) in [6, 6.07) is 14.1. The Morgan fingerprint density at radius 2 is 1.63 bits per heavy atom. The van der Waals surface area contributed by atoms with Crippen molar-refractivity contribution < 1.29 is 23.9 Å². The number of carbonyl (C=O) groups excluding carboxylic acids is 3. The number of imide groups is 1. The van der Waals surface area contributed by atoms with Gasteiger partial charge >= 0.3 is 5.97 Å². The van der Waals surface area contributed by atoms with Gasteiger partial charge in [-0.25, -0.2) is 4.79 Å². The molecular weight excluding hydrogens is 366 g/mol. The first-order valence-electron chi connectivity index (χ1n) is 8.56. The lowest BCUT2D eigenvalue weighted by atomic mass is 10.1. The van der Waals surface area contributed by atoms with Crippen molar-refractivity contribution in [2.75, 3.05) is 25.5 Å². The van der Waals surface area contributed by atoms with Crippen LogP contribution in [0.2, 0.25) is 0 Å². The Morgan fingerprint density at radius 3 is 2.22 bits per heavy atom. The van der Waals surface area contributed by atoms with Gasteiger partial charge in [-0.15, -0.1) is 11.8 Å². The molecule has 1 heterocycles. The fraction of sp³-hybridized carbons (Fsp3) is 0.250. The Morgan fingerprint density at radius 1 is 1.00 bits per heavy atom. The molecule has 2 aromatic rings. The van der Waals surface area contributed by atoms with E-state index in [9.17, 15) is 14.4 Å². The van der Waals surface area contributed by atoms with Crippen molar-refractivity contribution in [1.29, 1.82) is 0 Å². The molecule has 2 aromatic carbocycles. The molecule has 27 heavy (non-hydrogen) atoms. The van der Waals surface area contributed by atoms with Crippen LogP contribution in [-0.4, -0.2) is 48.2 Å². The summed E-state index contributed by atoms with van der Waals surface area (Å²) < 4.78 is 10.1. The number of fused-ring (bicyclic) bond motifs is 1. The summed E-state index contributed by atoms with van der Waals surface area (Å²) >= 11 is 1.54. The zero-order valence-corrected chi connectivity index (χ0v) is 15.7. The summed E-state index contributed by atoms with van der Waals surface area (Å²) in [4.78, 5) is 38.2. The predicted octanol–water partition coefficient (Wildman–Crippen LogP) is 3.02. The van der Waals surface area contributed by atoms with Crippen LogP contribution in [0.4, 0.5) is 0 Å². The minimum absolute atomic E-state index is 0.125. The molecule has 0 fully saturated rings. The highest BCUT2D eigenvalue weighted by Gasteiger charge is 2.34. The molecule has 2 amide bonds. The van der Waals surface area contributed by atoms with Gasteiger partial charge in [-0.2, -0.15) is 0 Å². The molecule has 1 aliphatic heterocycles. The van der Waals surface area contributed by atoms with Gasteiger partial charge in [0.05, 0.1) is 17.7 Å². The lowest BCUT2D eigenvalue weighted by Crippen LogP contribution is -2.31. The van der Waals surface area contributed by atoms with E-state index in [4.69, 9.17) is 9.47 Å². The van der Waals surface area contributed by atoms with Crippen molar-refractivity contribution in [2.24, 2.45) is 0 Å². The zero-order valence-electron chi connectivity index (χ0n) is 14.8. The maximum atomic E-state index is 12.3. The summed E-state index contributed by atoms with van der Waals surface area (Å²) in [6.07, 6.45) is 0. The largest absolute Gasteiger partial charge is 0.482 e. The molecule has 7 heteroatoms. The smallest absolute Gasteiger partial charge is 0.344 e. The normalized spacial score (nSPS) is 12.9. The molecule has 0 unspecified atom stereocenters. The molecular formula is C20H19NO5S. The van der Waals surface area contributed by atoms with Gasteiger partial charge < -0.3 is 9.47 Å². The highest BCUT2D eigenvalue weighted by molar-refractivity contribution is 7.99. The molecule has 140 valence electrons. The van der Waals surface area contributed by atoms with Gasteiger partial charge in [0.15, 0.2) is 6.61 Å². The molecule has 0 spiro atoms. The summed E-state index contributed by atoms with van der Waals surface area (Å²) in [7, 11) is 0. The molecule has 1 aliphatic rings. The second-order valence-electron chi connectivity index (χ2n) is 5.72. The second kappa shape index (κ2) is 8.73. The van der Waals surface area contributed by atoms with Crippen molar-refractivity contribution in [3.8, 4) is 5.75 Å². The monoisotopic (exact) mass is 385 g/mol. The SMILES string of the molecule is CCOC(=O)COc1ccc(SCCN2C(=O)c3ccccc3C2=O)cc1. The zero-order chi connectivity index (χ0) is 19.2. The van der Waals surface area contributed by atoms with Crippen LogP contribution < -0.4 is 4.74 Å². The van der Waals surface area contributed by atoms with Crippen LogP contribution in [0.15, 0.2) is 53.4 Å². The molecule has 3 rings (SSSR count). The van der Waals surface area contributed by atoms with E-state index in [0.29, 0.717) is 35.8 Å². The first-order valence-corrected chi connectivity index (χ1v) is 9.55. The van der Waals surface area contributed by atoms with Crippen molar-refractivity contribution in [3.63, 3.8) is 0 Å². The standard InChI is InChI=1S/C20H19NO5S/c1-2-25-18(22)13-26-14-7-9-15(10-8-14)27-12-11-21-19(23)16-5-3-4-6-17(16)20(21)24/h3-10H,2,11-13H2,1H3. The number of hydrogen-bond donors (Lipinski definition) is 0. The van der Waals surface area contributed by atoms with Crippen LogP contribution in [0.1, 0.15) is 27.6 Å². The fourth-order valence-electron chi connectivity index (χ4n) is 2.67. The molecule has 0 saturated carbocycles. The topological polar surface area (TPSA) is 72.9 Å². The van der Waals surface area contributed by atoms with E-state index >= 15 is 0 Å². The van der Waals surface area contributed by atoms with Crippen molar-refractivity contribution >= 4 is 29.5 Å². The van der Waals surface area contributed by atoms with Crippen molar-refractivity contribution in [2.45, 2.75) is 11.8 Å². The highest BCUT2D eigenvalue weighted by atomic mass is 32.2. The first kappa shape index (κ1) is 19.0. The number of ether oxygens (including phenoxy) is 2. The summed E-state index contributed by atoms with van der Waals surface area (Å²) in [6.45, 7) is 2.29. The molecule has 6 nitrogen and oxygen atoms in total. The Bertz CT molecular complexity index is 815. The number of carbonyl (C=O) groups is 3. The average molecular weight is 385 g/mol. The molecule has 0 saturated heterocycles. The van der Waals surface area contributed by atoms with E-state index in [2.05, 4.69) is 0 Å². The van der Waals surface area contributed by atoms with Gasteiger partial charge in [0.1, 0.15) is 5.75 Å². The average Bonchev–Trinajstić information content (AvgIpc) is 2.93. The van der Waals surface area contributed by atoms with Crippen LogP contribution in [-0.2, 0) is 9.53 Å². The minimum atomic E-state index is -0.406. The van der Waals surface area contributed by atoms with Crippen LogP contribution >= 0.6 is 11.8 Å². The molecule has 0 atom stereocenters. The molecule has 0 aliphatic carbocycles. The Labute approximate surface area is 161 Å². The van der Waals surface area contributed by atoms with Crippen LogP contribution in [0, 0.1) is 0 Å².